The fourth-order valence-corrected chi connectivity index (χ4v) is 1.85. The molecule has 0 fully saturated rings. The lowest BCUT2D eigenvalue weighted by Crippen LogP contribution is -2.27. The normalized spacial score (nSPS) is 9.31. The number of aliphatic hydroxyl groups excluding tert-OH is 1. The largest absolute Gasteiger partial charge is 0.487 e. The minimum Gasteiger partial charge on any atom is -0.487 e. The van der Waals surface area contributed by atoms with Gasteiger partial charge in [-0.15, -0.1) is 0 Å². The SMILES string of the molecule is C=C(OC(=C)c1ccc(OCc2ccccc2)cn1)C(=O)NCC=O.CC(C)O.CNC. The van der Waals surface area contributed by atoms with Gasteiger partial charge in [-0.2, -0.15) is 0 Å². The third kappa shape index (κ3) is 13.7. The number of hydrogen-bond acceptors (Lipinski definition) is 7. The number of aromatic nitrogens is 1. The van der Waals surface area contributed by atoms with E-state index in [-0.39, 0.29) is 24.2 Å². The molecule has 1 aromatic carbocycles. The van der Waals surface area contributed by atoms with E-state index in [1.165, 1.54) is 0 Å². The number of hydrogen-bond donors (Lipinski definition) is 3. The molecule has 0 aliphatic carbocycles. The van der Waals surface area contributed by atoms with Crippen molar-refractivity contribution < 1.29 is 24.2 Å². The highest BCUT2D eigenvalue weighted by Gasteiger charge is 2.11. The molecule has 1 amide bonds. The summed E-state index contributed by atoms with van der Waals surface area (Å²) in [5, 5.41) is 13.1. The van der Waals surface area contributed by atoms with Crippen LogP contribution in [0.4, 0.5) is 0 Å². The van der Waals surface area contributed by atoms with E-state index in [1.807, 2.05) is 44.4 Å². The Morgan fingerprint density at radius 3 is 2.25 bits per heavy atom. The average molecular weight is 444 g/mol. The highest BCUT2D eigenvalue weighted by atomic mass is 16.5. The van der Waals surface area contributed by atoms with Crippen LogP contribution < -0.4 is 15.4 Å². The number of aldehydes is 1. The Balaban J connectivity index is 0.00000121. The van der Waals surface area contributed by atoms with Crippen molar-refractivity contribution in [3.8, 4) is 5.75 Å². The summed E-state index contributed by atoms with van der Waals surface area (Å²) in [6.45, 7) is 11.0. The van der Waals surface area contributed by atoms with Gasteiger partial charge in [-0.05, 0) is 45.6 Å². The second-order valence-corrected chi connectivity index (χ2v) is 6.57. The molecule has 3 N–H and O–H groups in total. The lowest BCUT2D eigenvalue weighted by atomic mass is 10.2. The number of nitrogens with one attached hydrogen (secondary N) is 2. The second kappa shape index (κ2) is 17.2. The van der Waals surface area contributed by atoms with Gasteiger partial charge in [0.1, 0.15) is 30.1 Å². The van der Waals surface area contributed by atoms with E-state index in [4.69, 9.17) is 14.6 Å². The Labute approximate surface area is 190 Å². The molecule has 0 saturated heterocycles. The maximum atomic E-state index is 11.6. The summed E-state index contributed by atoms with van der Waals surface area (Å²) in [5.41, 5.74) is 1.49. The molecule has 0 unspecified atom stereocenters. The molecule has 0 atom stereocenters. The van der Waals surface area contributed by atoms with Crippen molar-refractivity contribution in [1.82, 2.24) is 15.6 Å². The van der Waals surface area contributed by atoms with Gasteiger partial charge in [0.05, 0.1) is 12.7 Å². The summed E-state index contributed by atoms with van der Waals surface area (Å²) in [7, 11) is 3.75. The maximum absolute atomic E-state index is 11.6. The van der Waals surface area contributed by atoms with Crippen molar-refractivity contribution in [3.05, 3.63) is 78.8 Å². The number of pyridine rings is 1. The van der Waals surface area contributed by atoms with Crippen LogP contribution >= 0.6 is 0 Å². The number of ether oxygens (including phenoxy) is 2. The molecule has 1 aromatic heterocycles. The number of rotatable bonds is 9. The third-order valence-electron chi connectivity index (χ3n) is 3.12. The molecule has 32 heavy (non-hydrogen) atoms. The van der Waals surface area contributed by atoms with Crippen LogP contribution in [0.2, 0.25) is 0 Å². The van der Waals surface area contributed by atoms with Gasteiger partial charge in [0.25, 0.3) is 5.91 Å². The van der Waals surface area contributed by atoms with Gasteiger partial charge < -0.3 is 30.0 Å². The Hall–Kier alpha value is -3.49. The van der Waals surface area contributed by atoms with Crippen LogP contribution in [0.5, 0.6) is 5.75 Å². The topological polar surface area (TPSA) is 110 Å². The van der Waals surface area contributed by atoms with Crippen molar-refractivity contribution >= 4 is 18.0 Å². The van der Waals surface area contributed by atoms with Crippen molar-refractivity contribution in [1.29, 1.82) is 0 Å². The fraction of sp³-hybridized carbons (Fsp3) is 0.292. The van der Waals surface area contributed by atoms with Crippen LogP contribution in [0, 0.1) is 0 Å². The van der Waals surface area contributed by atoms with Crippen LogP contribution in [0.15, 0.2) is 67.6 Å². The Morgan fingerprint density at radius 2 is 1.75 bits per heavy atom. The van der Waals surface area contributed by atoms with Crippen LogP contribution in [-0.4, -0.2) is 49.0 Å². The molecular weight excluding hydrogens is 410 g/mol. The Bertz CT molecular complexity index is 819. The molecule has 8 heteroatoms. The standard InChI is InChI=1S/C19H18N2O4.C3H8O.C2H7N/c1-14(25-15(2)19(23)20-10-11-22)18-9-8-17(12-21-18)24-13-16-6-4-3-5-7-16;1-3(2)4;1-3-2/h3-9,11-12H,1-2,10,13H2,(H,20,23);3-4H,1-2H3;3H,1-2H3. The monoisotopic (exact) mass is 443 g/mol. The zero-order chi connectivity index (χ0) is 24.4. The van der Waals surface area contributed by atoms with Crippen molar-refractivity contribution in [3.63, 3.8) is 0 Å². The van der Waals surface area contributed by atoms with Crippen molar-refractivity contribution in [2.45, 2.75) is 26.6 Å². The summed E-state index contributed by atoms with van der Waals surface area (Å²) in [4.78, 5) is 26.0. The van der Waals surface area contributed by atoms with E-state index in [0.29, 0.717) is 24.3 Å². The number of carbonyl (C=O) groups is 2. The summed E-state index contributed by atoms with van der Waals surface area (Å²) in [6.07, 6.45) is 1.94. The van der Waals surface area contributed by atoms with E-state index >= 15 is 0 Å². The predicted octanol–water partition coefficient (Wildman–Crippen LogP) is 2.70. The summed E-state index contributed by atoms with van der Waals surface area (Å²) in [6, 6.07) is 13.2. The first-order chi connectivity index (χ1) is 15.2. The zero-order valence-corrected chi connectivity index (χ0v) is 19.1. The predicted molar refractivity (Wildman–Crippen MR) is 126 cm³/mol. The minimum atomic E-state index is -0.587. The first-order valence-corrected chi connectivity index (χ1v) is 9.92. The maximum Gasteiger partial charge on any atom is 0.286 e. The van der Waals surface area contributed by atoms with Gasteiger partial charge in [0.15, 0.2) is 5.76 Å². The van der Waals surface area contributed by atoms with Crippen LogP contribution in [-0.2, 0) is 20.9 Å². The molecule has 1 heterocycles. The van der Waals surface area contributed by atoms with Crippen molar-refractivity contribution in [2.24, 2.45) is 0 Å². The summed E-state index contributed by atoms with van der Waals surface area (Å²) >= 11 is 0. The van der Waals surface area contributed by atoms with Crippen LogP contribution in [0.1, 0.15) is 25.1 Å². The quantitative estimate of drug-likeness (QED) is 0.310. The molecule has 0 aliphatic rings. The number of amides is 1. The lowest BCUT2D eigenvalue weighted by Gasteiger charge is -2.11. The van der Waals surface area contributed by atoms with Gasteiger partial charge in [0.2, 0.25) is 0 Å². The van der Waals surface area contributed by atoms with E-state index in [1.54, 1.807) is 32.2 Å². The third-order valence-corrected chi connectivity index (χ3v) is 3.12. The average Bonchev–Trinajstić information content (AvgIpc) is 2.77. The zero-order valence-electron chi connectivity index (χ0n) is 19.1. The molecule has 0 bridgehead atoms. The number of aliphatic hydroxyl groups is 1. The van der Waals surface area contributed by atoms with E-state index in [9.17, 15) is 9.59 Å². The van der Waals surface area contributed by atoms with Gasteiger partial charge in [-0.1, -0.05) is 43.5 Å². The van der Waals surface area contributed by atoms with Gasteiger partial charge >= 0.3 is 0 Å². The van der Waals surface area contributed by atoms with Gasteiger partial charge in [-0.3, -0.25) is 4.79 Å². The number of nitrogens with zero attached hydrogens (tertiary/aromatic N) is 1. The van der Waals surface area contributed by atoms with Crippen LogP contribution in [0.3, 0.4) is 0 Å². The molecule has 0 saturated carbocycles. The lowest BCUT2D eigenvalue weighted by molar-refractivity contribution is -0.121. The molecule has 0 radical (unpaired) electrons. The highest BCUT2D eigenvalue weighted by molar-refractivity contribution is 5.92. The number of carbonyl (C=O) groups excluding carboxylic acids is 2. The van der Waals surface area contributed by atoms with E-state index in [2.05, 4.69) is 28.8 Å². The molecule has 0 spiro atoms. The molecule has 2 aromatic rings. The van der Waals surface area contributed by atoms with Gasteiger partial charge in [-0.25, -0.2) is 4.98 Å². The first kappa shape index (κ1) is 28.5. The molecule has 2 rings (SSSR count). The van der Waals surface area contributed by atoms with E-state index < -0.39 is 5.91 Å². The summed E-state index contributed by atoms with van der Waals surface area (Å²) in [5.74, 6) is 0.0120. The van der Waals surface area contributed by atoms with Crippen molar-refractivity contribution in [2.75, 3.05) is 20.6 Å². The smallest absolute Gasteiger partial charge is 0.286 e. The Morgan fingerprint density at radius 1 is 1.16 bits per heavy atom. The molecular formula is C24H33N3O5. The van der Waals surface area contributed by atoms with Crippen LogP contribution in [0.25, 0.3) is 5.76 Å². The summed E-state index contributed by atoms with van der Waals surface area (Å²) < 4.78 is 10.9. The first-order valence-electron chi connectivity index (χ1n) is 9.92. The Kier molecular flexibility index (Phi) is 15.3. The molecule has 8 nitrogen and oxygen atoms in total. The van der Waals surface area contributed by atoms with Gasteiger partial charge in [0, 0.05) is 6.10 Å². The molecule has 0 aliphatic heterocycles. The van der Waals surface area contributed by atoms with E-state index in [0.717, 1.165) is 5.56 Å². The fourth-order valence-electron chi connectivity index (χ4n) is 1.85. The second-order valence-electron chi connectivity index (χ2n) is 6.57. The molecule has 174 valence electrons. The minimum absolute atomic E-state index is 0.112. The highest BCUT2D eigenvalue weighted by Crippen LogP contribution is 2.18. The number of benzene rings is 1.